The standard InChI is InChI=1S/C27H28ClFN4O6S2/c28-19-3-5-20(6-4-19)31-40(35,36)21-8-10-26(32-11-1-2-12-32)25(18-21)30-27(34)23-17-22(7-9-24(23)29)41(37,38)33-13-15-39-16-14-33/h3-10,17-18,31H,1-2,11-16H2,(H,30,34). The van der Waals surface area contributed by atoms with E-state index in [9.17, 15) is 26.0 Å². The molecule has 3 aromatic carbocycles. The first-order valence-corrected chi connectivity index (χ1v) is 16.2. The van der Waals surface area contributed by atoms with Gasteiger partial charge in [-0.2, -0.15) is 4.31 Å². The summed E-state index contributed by atoms with van der Waals surface area (Å²) in [7, 11) is -8.05. The number of halogens is 2. The van der Waals surface area contributed by atoms with Crippen LogP contribution in [0.15, 0.2) is 70.5 Å². The second-order valence-electron chi connectivity index (χ2n) is 9.60. The van der Waals surface area contributed by atoms with E-state index in [2.05, 4.69) is 10.0 Å². The summed E-state index contributed by atoms with van der Waals surface area (Å²) in [6.45, 7) is 2.15. The Morgan fingerprint density at radius 3 is 2.20 bits per heavy atom. The summed E-state index contributed by atoms with van der Waals surface area (Å²) in [6.07, 6.45) is 1.84. The number of carbonyl (C=O) groups is 1. The minimum atomic E-state index is -4.07. The van der Waals surface area contributed by atoms with Crippen molar-refractivity contribution < 1.29 is 30.8 Å². The maximum atomic E-state index is 14.9. The molecule has 10 nitrogen and oxygen atoms in total. The summed E-state index contributed by atoms with van der Waals surface area (Å²) in [6, 6.07) is 13.5. The van der Waals surface area contributed by atoms with Crippen molar-refractivity contribution in [3.63, 3.8) is 0 Å². The van der Waals surface area contributed by atoms with Crippen molar-refractivity contribution in [2.45, 2.75) is 22.6 Å². The van der Waals surface area contributed by atoms with Crippen molar-refractivity contribution >= 4 is 54.6 Å². The number of nitrogens with zero attached hydrogens (tertiary/aromatic N) is 2. The molecule has 2 fully saturated rings. The monoisotopic (exact) mass is 622 g/mol. The lowest BCUT2D eigenvalue weighted by Gasteiger charge is -2.26. The molecule has 218 valence electrons. The van der Waals surface area contributed by atoms with Crippen LogP contribution in [0.5, 0.6) is 0 Å². The van der Waals surface area contributed by atoms with Gasteiger partial charge in [-0.05, 0) is 73.5 Å². The number of carbonyl (C=O) groups excluding carboxylic acids is 1. The zero-order chi connectivity index (χ0) is 29.2. The SMILES string of the molecule is O=C(Nc1cc(S(=O)(=O)Nc2ccc(Cl)cc2)ccc1N1CCCC1)c1cc(S(=O)(=O)N2CCOCC2)ccc1F. The third kappa shape index (κ3) is 6.49. The van der Waals surface area contributed by atoms with Crippen molar-refractivity contribution in [2.75, 3.05) is 54.3 Å². The van der Waals surface area contributed by atoms with Gasteiger partial charge in [-0.15, -0.1) is 0 Å². The highest BCUT2D eigenvalue weighted by atomic mass is 35.5. The molecular formula is C27H28ClFN4O6S2. The lowest BCUT2D eigenvalue weighted by Crippen LogP contribution is -2.40. The van der Waals surface area contributed by atoms with Gasteiger partial charge in [0.05, 0.1) is 39.9 Å². The van der Waals surface area contributed by atoms with Gasteiger partial charge in [0.2, 0.25) is 10.0 Å². The maximum Gasteiger partial charge on any atom is 0.261 e. The molecule has 0 unspecified atom stereocenters. The second-order valence-corrected chi connectivity index (χ2v) is 13.7. The first kappa shape index (κ1) is 29.3. The number of anilines is 3. The molecule has 5 rings (SSSR count). The topological polar surface area (TPSA) is 125 Å². The Labute approximate surface area is 243 Å². The number of morpholine rings is 1. The van der Waals surface area contributed by atoms with Crippen molar-refractivity contribution in [2.24, 2.45) is 0 Å². The Morgan fingerprint density at radius 1 is 0.854 bits per heavy atom. The van der Waals surface area contributed by atoms with E-state index in [1.807, 2.05) is 4.90 Å². The van der Waals surface area contributed by atoms with Crippen molar-refractivity contribution in [3.05, 3.63) is 77.1 Å². The number of hydrogen-bond donors (Lipinski definition) is 2. The van der Waals surface area contributed by atoms with Gasteiger partial charge in [0, 0.05) is 36.9 Å². The van der Waals surface area contributed by atoms with Crippen LogP contribution in [-0.4, -0.2) is 66.4 Å². The molecule has 3 aromatic rings. The molecule has 2 heterocycles. The van der Waals surface area contributed by atoms with Gasteiger partial charge in [0.1, 0.15) is 5.82 Å². The first-order valence-electron chi connectivity index (χ1n) is 12.9. The van der Waals surface area contributed by atoms with E-state index >= 15 is 0 Å². The van der Waals surface area contributed by atoms with Crippen LogP contribution in [0.4, 0.5) is 21.5 Å². The number of amides is 1. The molecule has 1 amide bonds. The summed E-state index contributed by atoms with van der Waals surface area (Å²) >= 11 is 5.89. The molecule has 14 heteroatoms. The summed E-state index contributed by atoms with van der Waals surface area (Å²) < 4.78 is 76.4. The number of rotatable bonds is 8. The minimum Gasteiger partial charge on any atom is -0.379 e. The van der Waals surface area contributed by atoms with E-state index in [1.165, 1.54) is 28.6 Å². The fourth-order valence-electron chi connectivity index (χ4n) is 4.71. The number of hydrogen-bond acceptors (Lipinski definition) is 7. The number of sulfonamides is 2. The summed E-state index contributed by atoms with van der Waals surface area (Å²) in [5, 5.41) is 3.07. The Bertz CT molecular complexity index is 1660. The fraction of sp³-hybridized carbons (Fsp3) is 0.296. The van der Waals surface area contributed by atoms with Gasteiger partial charge in [0.25, 0.3) is 15.9 Å². The lowest BCUT2D eigenvalue weighted by molar-refractivity contribution is 0.0730. The zero-order valence-corrected chi connectivity index (χ0v) is 24.2. The van der Waals surface area contributed by atoms with E-state index in [4.69, 9.17) is 16.3 Å². The molecule has 0 bridgehead atoms. The quantitative estimate of drug-likeness (QED) is 0.387. The van der Waals surface area contributed by atoms with Crippen molar-refractivity contribution in [1.82, 2.24) is 4.31 Å². The smallest absolute Gasteiger partial charge is 0.261 e. The van der Waals surface area contributed by atoms with Crippen LogP contribution in [-0.2, 0) is 24.8 Å². The van der Waals surface area contributed by atoms with E-state index < -0.39 is 37.3 Å². The molecule has 2 saturated heterocycles. The highest BCUT2D eigenvalue weighted by Gasteiger charge is 2.29. The summed E-state index contributed by atoms with van der Waals surface area (Å²) in [5.41, 5.74) is 0.527. The molecule has 2 aliphatic heterocycles. The Balaban J connectivity index is 1.47. The van der Waals surface area contributed by atoms with E-state index in [0.29, 0.717) is 29.5 Å². The second kappa shape index (κ2) is 11.9. The van der Waals surface area contributed by atoms with Gasteiger partial charge in [0.15, 0.2) is 0 Å². The first-order chi connectivity index (χ1) is 19.5. The maximum absolute atomic E-state index is 14.9. The molecule has 2 aliphatic rings. The van der Waals surface area contributed by atoms with Crippen molar-refractivity contribution in [3.8, 4) is 0 Å². The highest BCUT2D eigenvalue weighted by Crippen LogP contribution is 2.33. The van der Waals surface area contributed by atoms with Gasteiger partial charge in [-0.3, -0.25) is 9.52 Å². The molecule has 0 radical (unpaired) electrons. The van der Waals surface area contributed by atoms with E-state index in [-0.39, 0.29) is 41.8 Å². The van der Waals surface area contributed by atoms with Crippen LogP contribution in [0.1, 0.15) is 23.2 Å². The average molecular weight is 623 g/mol. The Kier molecular flexibility index (Phi) is 8.52. The molecule has 0 aromatic heterocycles. The zero-order valence-electron chi connectivity index (χ0n) is 21.8. The van der Waals surface area contributed by atoms with Gasteiger partial charge in [-0.1, -0.05) is 11.6 Å². The van der Waals surface area contributed by atoms with Crippen LogP contribution in [0.2, 0.25) is 5.02 Å². The molecule has 41 heavy (non-hydrogen) atoms. The molecule has 0 spiro atoms. The van der Waals surface area contributed by atoms with Crippen LogP contribution in [0.3, 0.4) is 0 Å². The van der Waals surface area contributed by atoms with Crippen LogP contribution in [0, 0.1) is 5.82 Å². The third-order valence-electron chi connectivity index (χ3n) is 6.86. The number of nitrogens with one attached hydrogen (secondary N) is 2. The van der Waals surface area contributed by atoms with Crippen LogP contribution in [0.25, 0.3) is 0 Å². The molecule has 0 aliphatic carbocycles. The molecule has 0 atom stereocenters. The van der Waals surface area contributed by atoms with Gasteiger partial charge < -0.3 is 15.0 Å². The van der Waals surface area contributed by atoms with Crippen LogP contribution < -0.4 is 14.9 Å². The minimum absolute atomic E-state index is 0.130. The third-order valence-corrected chi connectivity index (χ3v) is 10.4. The Morgan fingerprint density at radius 2 is 1.51 bits per heavy atom. The lowest BCUT2D eigenvalue weighted by atomic mass is 10.1. The molecular weight excluding hydrogens is 595 g/mol. The molecule has 2 N–H and O–H groups in total. The Hall–Kier alpha value is -3.23. The van der Waals surface area contributed by atoms with Crippen LogP contribution >= 0.6 is 11.6 Å². The fourth-order valence-corrected chi connectivity index (χ4v) is 7.36. The van der Waals surface area contributed by atoms with E-state index in [0.717, 1.165) is 31.0 Å². The highest BCUT2D eigenvalue weighted by molar-refractivity contribution is 7.92. The largest absolute Gasteiger partial charge is 0.379 e. The van der Waals surface area contributed by atoms with Crippen molar-refractivity contribution in [1.29, 1.82) is 0 Å². The predicted octanol–water partition coefficient (Wildman–Crippen LogP) is 4.15. The van der Waals surface area contributed by atoms with Gasteiger partial charge >= 0.3 is 0 Å². The predicted molar refractivity (Wildman–Crippen MR) is 154 cm³/mol. The van der Waals surface area contributed by atoms with E-state index in [1.54, 1.807) is 18.2 Å². The average Bonchev–Trinajstić information content (AvgIpc) is 3.49. The summed E-state index contributed by atoms with van der Waals surface area (Å²) in [4.78, 5) is 15.0. The number of benzene rings is 3. The summed E-state index contributed by atoms with van der Waals surface area (Å²) in [5.74, 6) is -1.83. The normalized spacial score (nSPS) is 16.5. The van der Waals surface area contributed by atoms with Gasteiger partial charge in [-0.25, -0.2) is 21.2 Å². The number of ether oxygens (including phenoxy) is 1. The molecule has 0 saturated carbocycles.